The number of amides is 2. The van der Waals surface area contributed by atoms with E-state index in [0.717, 1.165) is 30.8 Å². The molecular formula is C27H30IN3O4S. The fourth-order valence-corrected chi connectivity index (χ4v) is 5.12. The molecule has 0 aliphatic heterocycles. The summed E-state index contributed by atoms with van der Waals surface area (Å²) >= 11 is 2.14. The van der Waals surface area contributed by atoms with E-state index >= 15 is 0 Å². The minimum Gasteiger partial charge on any atom is -0.357 e. The second-order valence-electron chi connectivity index (χ2n) is 8.51. The second kappa shape index (κ2) is 12.4. The topological polar surface area (TPSA) is 86.8 Å². The molecule has 0 saturated carbocycles. The zero-order chi connectivity index (χ0) is 26.3. The van der Waals surface area contributed by atoms with E-state index in [-0.39, 0.29) is 12.5 Å². The van der Waals surface area contributed by atoms with Gasteiger partial charge in [-0.1, -0.05) is 54.6 Å². The van der Waals surface area contributed by atoms with Crippen LogP contribution in [0.1, 0.15) is 16.7 Å². The van der Waals surface area contributed by atoms with Crippen LogP contribution < -0.4 is 9.62 Å². The molecule has 0 bridgehead atoms. The molecule has 0 aliphatic carbocycles. The predicted molar refractivity (Wildman–Crippen MR) is 151 cm³/mol. The lowest BCUT2D eigenvalue weighted by Gasteiger charge is -2.33. The summed E-state index contributed by atoms with van der Waals surface area (Å²) < 4.78 is 27.5. The molecule has 2 amide bonds. The highest BCUT2D eigenvalue weighted by molar-refractivity contribution is 14.1. The Hall–Kier alpha value is -2.92. The van der Waals surface area contributed by atoms with Gasteiger partial charge in [0.2, 0.25) is 21.8 Å². The number of aryl methyl sites for hydroxylation is 1. The van der Waals surface area contributed by atoms with E-state index in [1.165, 1.54) is 11.9 Å². The predicted octanol–water partition coefficient (Wildman–Crippen LogP) is 3.75. The molecule has 0 unspecified atom stereocenters. The van der Waals surface area contributed by atoms with E-state index in [4.69, 9.17) is 0 Å². The lowest BCUT2D eigenvalue weighted by atomic mass is 10.0. The quantitative estimate of drug-likeness (QED) is 0.351. The van der Waals surface area contributed by atoms with Gasteiger partial charge in [-0.15, -0.1) is 0 Å². The average molecular weight is 620 g/mol. The maximum Gasteiger partial charge on any atom is 0.244 e. The molecule has 9 heteroatoms. The number of nitrogens with one attached hydrogen (secondary N) is 1. The van der Waals surface area contributed by atoms with E-state index in [1.54, 1.807) is 24.3 Å². The standard InChI is InChI=1S/C27H30IN3O4S/c1-20-9-7-8-12-22(20)18-30(25(27(33)29-2)17-21-10-5-4-6-11-21)26(32)19-31(36(3,34)35)24-15-13-23(28)14-16-24/h4-16,25H,17-19H2,1-3H3,(H,29,33)/t25-/m1/s1. The molecule has 0 aliphatic rings. The van der Waals surface area contributed by atoms with Gasteiger partial charge in [0.1, 0.15) is 12.6 Å². The van der Waals surface area contributed by atoms with Gasteiger partial charge < -0.3 is 10.2 Å². The van der Waals surface area contributed by atoms with Crippen LogP contribution in [0.5, 0.6) is 0 Å². The minimum atomic E-state index is -3.77. The molecule has 7 nitrogen and oxygen atoms in total. The molecule has 3 aromatic carbocycles. The minimum absolute atomic E-state index is 0.167. The van der Waals surface area contributed by atoms with Gasteiger partial charge in [-0.25, -0.2) is 8.42 Å². The Labute approximate surface area is 226 Å². The maximum atomic E-state index is 13.8. The Bertz CT molecular complexity index is 1300. The second-order valence-corrected chi connectivity index (χ2v) is 11.7. The first-order valence-electron chi connectivity index (χ1n) is 11.4. The molecule has 3 aromatic rings. The van der Waals surface area contributed by atoms with Crippen molar-refractivity contribution in [2.75, 3.05) is 24.2 Å². The Morgan fingerprint density at radius 2 is 1.56 bits per heavy atom. The summed E-state index contributed by atoms with van der Waals surface area (Å²) in [5.74, 6) is -0.785. The van der Waals surface area contributed by atoms with Gasteiger partial charge in [0, 0.05) is 23.6 Å². The highest BCUT2D eigenvalue weighted by Crippen LogP contribution is 2.22. The summed E-state index contributed by atoms with van der Waals surface area (Å²) in [4.78, 5) is 28.4. The van der Waals surface area contributed by atoms with Crippen molar-refractivity contribution in [1.82, 2.24) is 10.2 Å². The third-order valence-corrected chi connectivity index (χ3v) is 7.77. The van der Waals surface area contributed by atoms with Crippen molar-refractivity contribution in [1.29, 1.82) is 0 Å². The number of rotatable bonds is 10. The molecule has 0 saturated heterocycles. The van der Waals surface area contributed by atoms with Crippen molar-refractivity contribution in [2.45, 2.75) is 25.9 Å². The monoisotopic (exact) mass is 619 g/mol. The highest BCUT2D eigenvalue weighted by atomic mass is 127. The van der Waals surface area contributed by atoms with Gasteiger partial charge >= 0.3 is 0 Å². The molecule has 0 heterocycles. The van der Waals surface area contributed by atoms with Gasteiger partial charge in [0.15, 0.2) is 0 Å². The molecule has 190 valence electrons. The van der Waals surface area contributed by atoms with Crippen molar-refractivity contribution in [3.8, 4) is 0 Å². The molecule has 0 aromatic heterocycles. The van der Waals surface area contributed by atoms with Crippen LogP contribution >= 0.6 is 22.6 Å². The summed E-state index contributed by atoms with van der Waals surface area (Å²) in [6.07, 6.45) is 1.37. The fraction of sp³-hybridized carbons (Fsp3) is 0.259. The fourth-order valence-electron chi connectivity index (χ4n) is 3.91. The molecule has 3 rings (SSSR count). The number of nitrogens with zero attached hydrogens (tertiary/aromatic N) is 2. The third kappa shape index (κ3) is 7.30. The molecule has 0 radical (unpaired) electrons. The first-order chi connectivity index (χ1) is 17.1. The van der Waals surface area contributed by atoms with E-state index in [2.05, 4.69) is 27.9 Å². The van der Waals surface area contributed by atoms with Gasteiger partial charge in [0.25, 0.3) is 0 Å². The van der Waals surface area contributed by atoms with Crippen LogP contribution in [0.3, 0.4) is 0 Å². The summed E-state index contributed by atoms with van der Waals surface area (Å²) in [5.41, 5.74) is 3.14. The van der Waals surface area contributed by atoms with E-state index in [0.29, 0.717) is 12.1 Å². The summed E-state index contributed by atoms with van der Waals surface area (Å²) in [5, 5.41) is 2.68. The molecule has 0 spiro atoms. The first-order valence-corrected chi connectivity index (χ1v) is 14.4. The van der Waals surface area contributed by atoms with E-state index in [9.17, 15) is 18.0 Å². The van der Waals surface area contributed by atoms with Crippen LogP contribution in [0.4, 0.5) is 5.69 Å². The molecule has 1 N–H and O–H groups in total. The lowest BCUT2D eigenvalue weighted by molar-refractivity contribution is -0.139. The van der Waals surface area contributed by atoms with Crippen molar-refractivity contribution < 1.29 is 18.0 Å². The molecular weight excluding hydrogens is 589 g/mol. The smallest absolute Gasteiger partial charge is 0.244 e. The lowest BCUT2D eigenvalue weighted by Crippen LogP contribution is -2.53. The van der Waals surface area contributed by atoms with E-state index < -0.39 is 28.5 Å². The Morgan fingerprint density at radius 1 is 0.944 bits per heavy atom. The number of likely N-dealkylation sites (N-methyl/N-ethyl adjacent to an activating group) is 1. The van der Waals surface area contributed by atoms with Gasteiger partial charge in [-0.3, -0.25) is 13.9 Å². The van der Waals surface area contributed by atoms with Crippen molar-refractivity contribution in [3.05, 3.63) is 99.1 Å². The van der Waals surface area contributed by atoms with Crippen LogP contribution in [0.2, 0.25) is 0 Å². The summed E-state index contributed by atoms with van der Waals surface area (Å²) in [6.45, 7) is 1.69. The maximum absolute atomic E-state index is 13.8. The number of carbonyl (C=O) groups is 2. The highest BCUT2D eigenvalue weighted by Gasteiger charge is 2.32. The summed E-state index contributed by atoms with van der Waals surface area (Å²) in [7, 11) is -2.24. The van der Waals surface area contributed by atoms with Crippen LogP contribution in [0.15, 0.2) is 78.9 Å². The Balaban J connectivity index is 2.03. The van der Waals surface area contributed by atoms with E-state index in [1.807, 2.05) is 61.5 Å². The van der Waals surface area contributed by atoms with Crippen molar-refractivity contribution >= 4 is 50.1 Å². The summed E-state index contributed by atoms with van der Waals surface area (Å²) in [6, 6.07) is 23.2. The van der Waals surface area contributed by atoms with Gasteiger partial charge in [0.05, 0.1) is 11.9 Å². The van der Waals surface area contributed by atoms with Gasteiger partial charge in [-0.2, -0.15) is 0 Å². The number of halogens is 1. The number of hydrogen-bond donors (Lipinski definition) is 1. The van der Waals surface area contributed by atoms with Crippen LogP contribution in [0, 0.1) is 10.5 Å². The third-order valence-electron chi connectivity index (χ3n) is 5.91. The molecule has 0 fully saturated rings. The van der Waals surface area contributed by atoms with Crippen LogP contribution in [0.25, 0.3) is 0 Å². The number of anilines is 1. The average Bonchev–Trinajstić information content (AvgIpc) is 2.85. The molecule has 36 heavy (non-hydrogen) atoms. The van der Waals surface area contributed by atoms with Crippen molar-refractivity contribution in [3.63, 3.8) is 0 Å². The number of benzene rings is 3. The van der Waals surface area contributed by atoms with Crippen LogP contribution in [-0.2, 0) is 32.6 Å². The number of carbonyl (C=O) groups excluding carboxylic acids is 2. The Morgan fingerprint density at radius 3 is 2.14 bits per heavy atom. The normalized spacial score (nSPS) is 12.0. The van der Waals surface area contributed by atoms with Crippen molar-refractivity contribution in [2.24, 2.45) is 0 Å². The SMILES string of the molecule is CNC(=O)[C@@H](Cc1ccccc1)N(Cc1ccccc1C)C(=O)CN(c1ccc(I)cc1)S(C)(=O)=O. The van der Waals surface area contributed by atoms with Crippen LogP contribution in [-0.4, -0.2) is 51.0 Å². The van der Waals surface area contributed by atoms with Gasteiger partial charge in [-0.05, 0) is 70.5 Å². The molecule has 1 atom stereocenters. The Kier molecular flexibility index (Phi) is 9.49. The number of sulfonamides is 1. The zero-order valence-electron chi connectivity index (χ0n) is 20.5. The first kappa shape index (κ1) is 27.7. The largest absolute Gasteiger partial charge is 0.357 e. The number of hydrogen-bond acceptors (Lipinski definition) is 4. The zero-order valence-corrected chi connectivity index (χ0v) is 23.5.